The van der Waals surface area contributed by atoms with E-state index in [1.807, 2.05) is 55.5 Å². The van der Waals surface area contributed by atoms with Crippen LogP contribution in [-0.4, -0.2) is 18.4 Å². The number of hydrogen-bond donors (Lipinski definition) is 0. The molecule has 0 radical (unpaired) electrons. The van der Waals surface area contributed by atoms with Crippen molar-refractivity contribution in [2.24, 2.45) is 0 Å². The van der Waals surface area contributed by atoms with Gasteiger partial charge >= 0.3 is 5.97 Å². The summed E-state index contributed by atoms with van der Waals surface area (Å²) in [7, 11) is 0. The second-order valence-corrected chi connectivity index (χ2v) is 5.83. The first-order valence-corrected chi connectivity index (χ1v) is 8.24. The smallest absolute Gasteiger partial charge is 0.313 e. The summed E-state index contributed by atoms with van der Waals surface area (Å²) >= 11 is 0. The van der Waals surface area contributed by atoms with E-state index in [0.717, 1.165) is 24.0 Å². The zero-order valence-corrected chi connectivity index (χ0v) is 13.7. The van der Waals surface area contributed by atoms with E-state index >= 15 is 0 Å². The van der Waals surface area contributed by atoms with Crippen molar-refractivity contribution in [2.75, 3.05) is 6.61 Å². The van der Waals surface area contributed by atoms with Crippen molar-refractivity contribution in [1.82, 2.24) is 0 Å². The van der Waals surface area contributed by atoms with Gasteiger partial charge in [-0.05, 0) is 18.6 Å². The number of unbranched alkanes of at least 4 members (excludes halogenated alkanes) is 1. The number of benzene rings is 2. The van der Waals surface area contributed by atoms with E-state index in [1.165, 1.54) is 0 Å². The van der Waals surface area contributed by atoms with Gasteiger partial charge in [-0.15, -0.1) is 0 Å². The van der Waals surface area contributed by atoms with Gasteiger partial charge in [0.05, 0.1) is 12.5 Å². The van der Waals surface area contributed by atoms with Crippen LogP contribution in [0.1, 0.15) is 43.2 Å². The van der Waals surface area contributed by atoms with Crippen molar-refractivity contribution in [3.63, 3.8) is 0 Å². The summed E-state index contributed by atoms with van der Waals surface area (Å²) in [5, 5.41) is 0. The van der Waals surface area contributed by atoms with Gasteiger partial charge in [0.2, 0.25) is 0 Å². The maximum atomic E-state index is 12.8. The first-order chi connectivity index (χ1) is 11.7. The van der Waals surface area contributed by atoms with Crippen LogP contribution in [0.15, 0.2) is 48.5 Å². The fraction of sp³-hybridized carbons (Fsp3) is 0.300. The monoisotopic (exact) mass is 324 g/mol. The van der Waals surface area contributed by atoms with Gasteiger partial charge in [-0.1, -0.05) is 49.7 Å². The van der Waals surface area contributed by atoms with E-state index in [2.05, 4.69) is 0 Å². The maximum absolute atomic E-state index is 12.8. The molecular weight excluding hydrogens is 304 g/mol. The van der Waals surface area contributed by atoms with Crippen molar-refractivity contribution >= 4 is 11.8 Å². The molecule has 0 atom stereocenters. The molecule has 124 valence electrons. The molecule has 0 aromatic heterocycles. The third-order valence-corrected chi connectivity index (χ3v) is 4.08. The van der Waals surface area contributed by atoms with Gasteiger partial charge < -0.3 is 9.47 Å². The van der Waals surface area contributed by atoms with E-state index in [1.54, 1.807) is 0 Å². The van der Waals surface area contributed by atoms with Gasteiger partial charge in [-0.25, -0.2) is 0 Å². The maximum Gasteiger partial charge on any atom is 0.313 e. The number of Topliss-reactive ketones (excluding diaryl/α,β-unsaturated/α-hetero) is 1. The molecule has 0 fully saturated rings. The number of fused-ring (bicyclic) bond motifs is 2. The van der Waals surface area contributed by atoms with Crippen LogP contribution in [0.5, 0.6) is 11.5 Å². The Morgan fingerprint density at radius 3 is 2.17 bits per heavy atom. The standard InChI is InChI=1S/C20H20O4/c1-2-3-12-23-19(22)13-16(21)20-14-8-4-6-10-17(14)24-18-11-7-5-9-15(18)20/h4-11,20H,2-3,12-13H2,1H3. The Kier molecular flexibility index (Phi) is 4.94. The van der Waals surface area contributed by atoms with Crippen molar-refractivity contribution in [3.8, 4) is 11.5 Å². The van der Waals surface area contributed by atoms with Crippen molar-refractivity contribution in [2.45, 2.75) is 32.1 Å². The average Bonchev–Trinajstić information content (AvgIpc) is 2.59. The van der Waals surface area contributed by atoms with Crippen LogP contribution >= 0.6 is 0 Å². The van der Waals surface area contributed by atoms with Crippen LogP contribution in [0, 0.1) is 0 Å². The largest absolute Gasteiger partial charge is 0.465 e. The Morgan fingerprint density at radius 1 is 1.00 bits per heavy atom. The van der Waals surface area contributed by atoms with Crippen molar-refractivity contribution in [1.29, 1.82) is 0 Å². The lowest BCUT2D eigenvalue weighted by atomic mass is 9.84. The van der Waals surface area contributed by atoms with Gasteiger partial charge in [0.1, 0.15) is 17.9 Å². The number of hydrogen-bond acceptors (Lipinski definition) is 4. The van der Waals surface area contributed by atoms with Gasteiger partial charge in [-0.3, -0.25) is 9.59 Å². The molecule has 2 aromatic carbocycles. The molecule has 24 heavy (non-hydrogen) atoms. The summed E-state index contributed by atoms with van der Waals surface area (Å²) in [6, 6.07) is 14.9. The Hall–Kier alpha value is -2.62. The van der Waals surface area contributed by atoms with Crippen LogP contribution in [-0.2, 0) is 14.3 Å². The highest BCUT2D eigenvalue weighted by atomic mass is 16.5. The second kappa shape index (κ2) is 7.30. The number of esters is 1. The lowest BCUT2D eigenvalue weighted by molar-refractivity contribution is -0.146. The van der Waals surface area contributed by atoms with E-state index in [9.17, 15) is 9.59 Å². The predicted octanol–water partition coefficient (Wildman–Crippen LogP) is 4.23. The molecule has 0 amide bonds. The molecular formula is C20H20O4. The van der Waals surface area contributed by atoms with E-state index in [0.29, 0.717) is 18.1 Å². The number of rotatable bonds is 6. The van der Waals surface area contributed by atoms with Gasteiger partial charge in [-0.2, -0.15) is 0 Å². The van der Waals surface area contributed by atoms with Crippen LogP contribution in [0.2, 0.25) is 0 Å². The third kappa shape index (κ3) is 3.32. The Bertz CT molecular complexity index is 705. The number of ketones is 1. The zero-order chi connectivity index (χ0) is 16.9. The van der Waals surface area contributed by atoms with Crippen LogP contribution in [0.25, 0.3) is 0 Å². The summed E-state index contributed by atoms with van der Waals surface area (Å²) < 4.78 is 11.0. The normalized spacial score (nSPS) is 12.7. The highest BCUT2D eigenvalue weighted by molar-refractivity contribution is 6.01. The molecule has 1 heterocycles. The van der Waals surface area contributed by atoms with Gasteiger partial charge in [0, 0.05) is 11.1 Å². The van der Waals surface area contributed by atoms with E-state index in [-0.39, 0.29) is 12.2 Å². The summed E-state index contributed by atoms with van der Waals surface area (Å²) in [4.78, 5) is 24.7. The fourth-order valence-corrected chi connectivity index (χ4v) is 2.88. The molecule has 3 rings (SSSR count). The molecule has 0 saturated carbocycles. The van der Waals surface area contributed by atoms with Crippen LogP contribution in [0.4, 0.5) is 0 Å². The van der Waals surface area contributed by atoms with E-state index in [4.69, 9.17) is 9.47 Å². The lowest BCUT2D eigenvalue weighted by Gasteiger charge is -2.27. The number of carbonyl (C=O) groups excluding carboxylic acids is 2. The van der Waals surface area contributed by atoms with Crippen LogP contribution in [0.3, 0.4) is 0 Å². The molecule has 1 aliphatic heterocycles. The lowest BCUT2D eigenvalue weighted by Crippen LogP contribution is -2.22. The summed E-state index contributed by atoms with van der Waals surface area (Å²) in [5.41, 5.74) is 1.59. The minimum absolute atomic E-state index is 0.167. The molecule has 1 aliphatic rings. The first kappa shape index (κ1) is 16.2. The summed E-state index contributed by atoms with van der Waals surface area (Å²) in [6.07, 6.45) is 1.53. The SMILES string of the molecule is CCCCOC(=O)CC(=O)C1c2ccccc2Oc2ccccc21. The Balaban J connectivity index is 1.84. The topological polar surface area (TPSA) is 52.6 Å². The fourth-order valence-electron chi connectivity index (χ4n) is 2.88. The average molecular weight is 324 g/mol. The minimum Gasteiger partial charge on any atom is -0.465 e. The molecule has 4 heteroatoms. The highest BCUT2D eigenvalue weighted by Crippen LogP contribution is 2.44. The number of carbonyl (C=O) groups is 2. The molecule has 4 nitrogen and oxygen atoms in total. The van der Waals surface area contributed by atoms with Crippen molar-refractivity contribution in [3.05, 3.63) is 59.7 Å². The van der Waals surface area contributed by atoms with E-state index < -0.39 is 11.9 Å². The molecule has 0 aliphatic carbocycles. The predicted molar refractivity (Wildman–Crippen MR) is 90.3 cm³/mol. The zero-order valence-electron chi connectivity index (χ0n) is 13.7. The molecule has 0 spiro atoms. The first-order valence-electron chi connectivity index (χ1n) is 8.24. The molecule has 2 aromatic rings. The second-order valence-electron chi connectivity index (χ2n) is 5.83. The summed E-state index contributed by atoms with van der Waals surface area (Å²) in [5.74, 6) is 0.197. The molecule has 0 bridgehead atoms. The summed E-state index contributed by atoms with van der Waals surface area (Å²) in [6.45, 7) is 2.39. The number of para-hydroxylation sites is 2. The molecule has 0 saturated heterocycles. The highest BCUT2D eigenvalue weighted by Gasteiger charge is 2.33. The van der Waals surface area contributed by atoms with Crippen molar-refractivity contribution < 1.29 is 19.1 Å². The van der Waals surface area contributed by atoms with Gasteiger partial charge in [0.25, 0.3) is 0 Å². The Morgan fingerprint density at radius 2 is 1.58 bits per heavy atom. The molecule has 0 N–H and O–H groups in total. The number of ether oxygens (including phenoxy) is 2. The van der Waals surface area contributed by atoms with Crippen LogP contribution < -0.4 is 4.74 Å². The third-order valence-electron chi connectivity index (χ3n) is 4.08. The quantitative estimate of drug-likeness (QED) is 0.453. The molecule has 0 unspecified atom stereocenters. The minimum atomic E-state index is -0.495. The Labute approximate surface area is 141 Å². The van der Waals surface area contributed by atoms with Gasteiger partial charge in [0.15, 0.2) is 5.78 Å².